The van der Waals surface area contributed by atoms with E-state index in [1.54, 1.807) is 23.3 Å². The van der Waals surface area contributed by atoms with Gasteiger partial charge >= 0.3 is 0 Å². The predicted molar refractivity (Wildman–Crippen MR) is 81.0 cm³/mol. The Morgan fingerprint density at radius 3 is 2.65 bits per heavy atom. The van der Waals surface area contributed by atoms with Crippen molar-refractivity contribution < 1.29 is 0 Å². The van der Waals surface area contributed by atoms with Crippen molar-refractivity contribution in [2.75, 3.05) is 11.1 Å². The predicted octanol–water partition coefficient (Wildman–Crippen LogP) is 2.75. The van der Waals surface area contributed by atoms with E-state index >= 15 is 0 Å². The Kier molecular flexibility index (Phi) is 3.34. The fraction of sp³-hybridized carbons (Fsp3) is 0. The molecule has 3 N–H and O–H groups in total. The van der Waals surface area contributed by atoms with Gasteiger partial charge in [0.2, 0.25) is 0 Å². The molecular weight excluding hydrogens is 320 g/mol. The van der Waals surface area contributed by atoms with Gasteiger partial charge in [-0.2, -0.15) is 0 Å². The summed E-state index contributed by atoms with van der Waals surface area (Å²) >= 11 is 3.39. The van der Waals surface area contributed by atoms with E-state index in [2.05, 4.69) is 36.2 Å². The largest absolute Gasteiger partial charge is 0.393 e. The van der Waals surface area contributed by atoms with E-state index in [4.69, 9.17) is 5.73 Å². The summed E-state index contributed by atoms with van der Waals surface area (Å²) in [5, 5.41) is 3.17. The van der Waals surface area contributed by atoms with Gasteiger partial charge in [0.15, 0.2) is 11.6 Å². The maximum Gasteiger partial charge on any atom is 0.166 e. The first-order valence-electron chi connectivity index (χ1n) is 5.85. The third-order valence-corrected chi connectivity index (χ3v) is 3.25. The van der Waals surface area contributed by atoms with Crippen LogP contribution in [0, 0.1) is 0 Å². The van der Waals surface area contributed by atoms with Crippen molar-refractivity contribution in [3.8, 4) is 5.82 Å². The molecule has 0 unspecified atom stereocenters. The van der Waals surface area contributed by atoms with Gasteiger partial charge in [0.1, 0.15) is 18.3 Å². The maximum absolute atomic E-state index is 6.11. The number of hydrogen-bond donors (Lipinski definition) is 2. The number of aromatic nitrogens is 4. The van der Waals surface area contributed by atoms with Crippen LogP contribution in [0.15, 0.2) is 53.8 Å². The summed E-state index contributed by atoms with van der Waals surface area (Å²) in [5.41, 5.74) is 7.47. The van der Waals surface area contributed by atoms with Gasteiger partial charge in [-0.05, 0) is 24.3 Å². The molecule has 0 spiro atoms. The highest BCUT2D eigenvalue weighted by Gasteiger charge is 2.09. The molecule has 2 aromatic heterocycles. The average Bonchev–Trinajstić information content (AvgIpc) is 2.97. The minimum absolute atomic E-state index is 0.466. The number of hydrogen-bond acceptors (Lipinski definition) is 5. The highest BCUT2D eigenvalue weighted by Crippen LogP contribution is 2.25. The lowest BCUT2D eigenvalue weighted by atomic mass is 10.3. The summed E-state index contributed by atoms with van der Waals surface area (Å²) < 4.78 is 2.75. The van der Waals surface area contributed by atoms with Crippen LogP contribution in [0.25, 0.3) is 5.82 Å². The standard InChI is InChI=1S/C13H11BrN6/c14-9-1-3-10(4-2-9)19-12-11(15)13(18-7-17-12)20-6-5-16-8-20/h1-8H,15H2,(H,17,18,19). The fourth-order valence-corrected chi connectivity index (χ4v) is 2.01. The fourth-order valence-electron chi connectivity index (χ4n) is 1.75. The van der Waals surface area contributed by atoms with E-state index in [9.17, 15) is 0 Å². The molecule has 0 fully saturated rings. The lowest BCUT2D eigenvalue weighted by Gasteiger charge is -2.11. The molecule has 0 atom stereocenters. The lowest BCUT2D eigenvalue weighted by Crippen LogP contribution is -2.06. The van der Waals surface area contributed by atoms with Crippen LogP contribution < -0.4 is 11.1 Å². The first-order valence-corrected chi connectivity index (χ1v) is 6.65. The van der Waals surface area contributed by atoms with Gasteiger partial charge in [0.05, 0.1) is 0 Å². The second-order valence-corrected chi connectivity index (χ2v) is 4.98. The molecule has 0 aliphatic carbocycles. The van der Waals surface area contributed by atoms with Gasteiger partial charge in [-0.1, -0.05) is 15.9 Å². The van der Waals surface area contributed by atoms with Crippen LogP contribution in [0.5, 0.6) is 0 Å². The molecule has 3 rings (SSSR count). The van der Waals surface area contributed by atoms with Crippen LogP contribution in [0.3, 0.4) is 0 Å². The van der Waals surface area contributed by atoms with Gasteiger partial charge in [-0.15, -0.1) is 0 Å². The minimum atomic E-state index is 0.466. The van der Waals surface area contributed by atoms with E-state index < -0.39 is 0 Å². The van der Waals surface area contributed by atoms with E-state index in [1.807, 2.05) is 24.3 Å². The number of halogens is 1. The zero-order chi connectivity index (χ0) is 13.9. The van der Waals surface area contributed by atoms with Gasteiger partial charge in [-0.25, -0.2) is 15.0 Å². The molecule has 0 amide bonds. The number of nitrogen functional groups attached to an aromatic ring is 1. The van der Waals surface area contributed by atoms with Gasteiger partial charge < -0.3 is 11.1 Å². The van der Waals surface area contributed by atoms with Crippen molar-refractivity contribution in [3.05, 3.63) is 53.8 Å². The lowest BCUT2D eigenvalue weighted by molar-refractivity contribution is 0.977. The van der Waals surface area contributed by atoms with Crippen molar-refractivity contribution in [3.63, 3.8) is 0 Å². The first-order chi connectivity index (χ1) is 9.74. The van der Waals surface area contributed by atoms with Crippen LogP contribution >= 0.6 is 15.9 Å². The highest BCUT2D eigenvalue weighted by atomic mass is 79.9. The van der Waals surface area contributed by atoms with Crippen molar-refractivity contribution >= 4 is 33.1 Å². The first kappa shape index (κ1) is 12.6. The zero-order valence-corrected chi connectivity index (χ0v) is 11.9. The van der Waals surface area contributed by atoms with E-state index in [-0.39, 0.29) is 0 Å². The number of rotatable bonds is 3. The van der Waals surface area contributed by atoms with Gasteiger partial charge in [0.25, 0.3) is 0 Å². The highest BCUT2D eigenvalue weighted by molar-refractivity contribution is 9.10. The number of benzene rings is 1. The normalized spacial score (nSPS) is 10.4. The van der Waals surface area contributed by atoms with Gasteiger partial charge in [-0.3, -0.25) is 4.57 Å². The third kappa shape index (κ3) is 2.48. The molecule has 3 aromatic rings. The third-order valence-electron chi connectivity index (χ3n) is 2.72. The Balaban J connectivity index is 1.94. The monoisotopic (exact) mass is 330 g/mol. The zero-order valence-electron chi connectivity index (χ0n) is 10.4. The molecule has 0 saturated carbocycles. The molecule has 100 valence electrons. The minimum Gasteiger partial charge on any atom is -0.393 e. The number of imidazole rings is 1. The summed E-state index contributed by atoms with van der Waals surface area (Å²) in [6.07, 6.45) is 6.56. The van der Waals surface area contributed by atoms with E-state index in [1.165, 1.54) is 6.33 Å². The molecule has 0 saturated heterocycles. The number of anilines is 3. The Morgan fingerprint density at radius 2 is 1.95 bits per heavy atom. The van der Waals surface area contributed by atoms with Crippen molar-refractivity contribution in [1.29, 1.82) is 0 Å². The van der Waals surface area contributed by atoms with Crippen LogP contribution in [-0.2, 0) is 0 Å². The Morgan fingerprint density at radius 1 is 1.15 bits per heavy atom. The number of nitrogens with one attached hydrogen (secondary N) is 1. The van der Waals surface area contributed by atoms with Gasteiger partial charge in [0, 0.05) is 22.6 Å². The molecule has 0 aliphatic rings. The van der Waals surface area contributed by atoms with E-state index in [0.717, 1.165) is 10.2 Å². The number of nitrogens with zero attached hydrogens (tertiary/aromatic N) is 4. The summed E-state index contributed by atoms with van der Waals surface area (Å²) in [5.74, 6) is 1.16. The van der Waals surface area contributed by atoms with Crippen LogP contribution in [0.2, 0.25) is 0 Å². The maximum atomic E-state index is 6.11. The smallest absolute Gasteiger partial charge is 0.166 e. The quantitative estimate of drug-likeness (QED) is 0.771. The second-order valence-electron chi connectivity index (χ2n) is 4.06. The molecule has 20 heavy (non-hydrogen) atoms. The average molecular weight is 331 g/mol. The topological polar surface area (TPSA) is 81.6 Å². The molecule has 7 heteroatoms. The molecule has 6 nitrogen and oxygen atoms in total. The molecule has 1 aromatic carbocycles. The summed E-state index contributed by atoms with van der Waals surface area (Å²) in [6, 6.07) is 7.75. The Bertz CT molecular complexity index is 708. The Hall–Kier alpha value is -2.41. The van der Waals surface area contributed by atoms with Crippen LogP contribution in [0.1, 0.15) is 0 Å². The number of nitrogens with two attached hydrogens (primary N) is 1. The SMILES string of the molecule is Nc1c(Nc2ccc(Br)cc2)ncnc1-n1ccnc1. The Labute approximate surface area is 123 Å². The van der Waals surface area contributed by atoms with Crippen LogP contribution in [-0.4, -0.2) is 19.5 Å². The molecule has 0 bridgehead atoms. The summed E-state index contributed by atoms with van der Waals surface area (Å²) in [6.45, 7) is 0. The molecule has 0 aliphatic heterocycles. The van der Waals surface area contributed by atoms with E-state index in [0.29, 0.717) is 17.3 Å². The summed E-state index contributed by atoms with van der Waals surface area (Å²) in [7, 11) is 0. The van der Waals surface area contributed by atoms with Crippen molar-refractivity contribution in [1.82, 2.24) is 19.5 Å². The second kappa shape index (κ2) is 5.30. The van der Waals surface area contributed by atoms with Crippen molar-refractivity contribution in [2.45, 2.75) is 0 Å². The summed E-state index contributed by atoms with van der Waals surface area (Å²) in [4.78, 5) is 12.3. The van der Waals surface area contributed by atoms with Crippen molar-refractivity contribution in [2.24, 2.45) is 0 Å². The van der Waals surface area contributed by atoms with Crippen LogP contribution in [0.4, 0.5) is 17.2 Å². The molecule has 0 radical (unpaired) electrons. The molecular formula is C13H11BrN6. The molecule has 2 heterocycles.